The number of nitrogens with two attached hydrogens (primary N) is 1. The molecule has 2 aromatic rings. The van der Waals surface area contributed by atoms with E-state index in [1.165, 1.54) is 11.1 Å². The summed E-state index contributed by atoms with van der Waals surface area (Å²) in [5, 5.41) is 0. The van der Waals surface area contributed by atoms with Crippen LogP contribution in [0.2, 0.25) is 0 Å². The van der Waals surface area contributed by atoms with E-state index in [1.807, 2.05) is 6.07 Å². The number of aryl methyl sites for hydroxylation is 2. The van der Waals surface area contributed by atoms with Gasteiger partial charge in [0, 0.05) is 5.56 Å². The Kier molecular flexibility index (Phi) is 5.37. The maximum absolute atomic E-state index is 5.79. The van der Waals surface area contributed by atoms with E-state index in [-0.39, 0.29) is 6.04 Å². The van der Waals surface area contributed by atoms with Crippen LogP contribution in [0.5, 0.6) is 5.75 Å². The molecular formula is C18H24N2O. The van der Waals surface area contributed by atoms with Crippen LogP contribution in [0.1, 0.15) is 41.6 Å². The van der Waals surface area contributed by atoms with Gasteiger partial charge in [-0.3, -0.25) is 5.84 Å². The molecule has 112 valence electrons. The standard InChI is InChI=1S/C18H24N2O/c1-4-5-14-7-9-15(10-8-14)18(20-19)16-11-6-13(2)12-17(16)21-3/h6-12,18,20H,4-5,19H2,1-3H3. The Morgan fingerprint density at radius 1 is 1.14 bits per heavy atom. The number of benzene rings is 2. The summed E-state index contributed by atoms with van der Waals surface area (Å²) in [5.41, 5.74) is 7.61. The van der Waals surface area contributed by atoms with Gasteiger partial charge in [-0.05, 0) is 36.1 Å². The maximum atomic E-state index is 5.79. The number of rotatable bonds is 6. The first-order valence-corrected chi connectivity index (χ1v) is 7.39. The topological polar surface area (TPSA) is 47.3 Å². The normalized spacial score (nSPS) is 12.2. The van der Waals surface area contributed by atoms with Crippen molar-refractivity contribution in [2.75, 3.05) is 7.11 Å². The second kappa shape index (κ2) is 7.25. The molecule has 0 aliphatic carbocycles. The van der Waals surface area contributed by atoms with Crippen LogP contribution < -0.4 is 16.0 Å². The van der Waals surface area contributed by atoms with Crippen molar-refractivity contribution in [3.05, 3.63) is 64.7 Å². The fourth-order valence-corrected chi connectivity index (χ4v) is 2.59. The first kappa shape index (κ1) is 15.5. The molecule has 0 heterocycles. The zero-order chi connectivity index (χ0) is 15.2. The highest BCUT2D eigenvalue weighted by molar-refractivity contribution is 5.44. The zero-order valence-electron chi connectivity index (χ0n) is 13.0. The number of hydrogen-bond acceptors (Lipinski definition) is 3. The van der Waals surface area contributed by atoms with Crippen LogP contribution in [0.4, 0.5) is 0 Å². The highest BCUT2D eigenvalue weighted by Gasteiger charge is 2.16. The van der Waals surface area contributed by atoms with Crippen LogP contribution in [0.3, 0.4) is 0 Å². The Morgan fingerprint density at radius 3 is 2.43 bits per heavy atom. The monoisotopic (exact) mass is 284 g/mol. The van der Waals surface area contributed by atoms with Crippen molar-refractivity contribution in [3.63, 3.8) is 0 Å². The molecule has 3 N–H and O–H groups in total. The Morgan fingerprint density at radius 2 is 1.86 bits per heavy atom. The zero-order valence-corrected chi connectivity index (χ0v) is 13.0. The van der Waals surface area contributed by atoms with E-state index in [0.29, 0.717) is 0 Å². The number of hydrogen-bond donors (Lipinski definition) is 2. The molecule has 2 rings (SSSR count). The predicted molar refractivity (Wildman–Crippen MR) is 87.3 cm³/mol. The fourth-order valence-electron chi connectivity index (χ4n) is 2.59. The van der Waals surface area contributed by atoms with E-state index >= 15 is 0 Å². The van der Waals surface area contributed by atoms with Gasteiger partial charge >= 0.3 is 0 Å². The lowest BCUT2D eigenvalue weighted by molar-refractivity contribution is 0.404. The van der Waals surface area contributed by atoms with Crippen molar-refractivity contribution in [1.82, 2.24) is 5.43 Å². The van der Waals surface area contributed by atoms with Gasteiger partial charge in [0.15, 0.2) is 0 Å². The Balaban J connectivity index is 2.35. The van der Waals surface area contributed by atoms with Gasteiger partial charge in [0.1, 0.15) is 5.75 Å². The molecule has 2 aromatic carbocycles. The van der Waals surface area contributed by atoms with Crippen molar-refractivity contribution in [2.24, 2.45) is 5.84 Å². The summed E-state index contributed by atoms with van der Waals surface area (Å²) in [7, 11) is 1.69. The summed E-state index contributed by atoms with van der Waals surface area (Å²) < 4.78 is 5.50. The van der Waals surface area contributed by atoms with Crippen LogP contribution in [-0.4, -0.2) is 7.11 Å². The smallest absolute Gasteiger partial charge is 0.124 e. The molecule has 0 amide bonds. The summed E-state index contributed by atoms with van der Waals surface area (Å²) in [6, 6.07) is 14.7. The van der Waals surface area contributed by atoms with E-state index in [0.717, 1.165) is 29.7 Å². The molecule has 3 nitrogen and oxygen atoms in total. The van der Waals surface area contributed by atoms with E-state index in [2.05, 4.69) is 55.7 Å². The lowest BCUT2D eigenvalue weighted by atomic mass is 9.96. The van der Waals surface area contributed by atoms with Crippen molar-refractivity contribution >= 4 is 0 Å². The summed E-state index contributed by atoms with van der Waals surface area (Å²) in [6.45, 7) is 4.24. The van der Waals surface area contributed by atoms with Gasteiger partial charge in [0.2, 0.25) is 0 Å². The molecule has 21 heavy (non-hydrogen) atoms. The summed E-state index contributed by atoms with van der Waals surface area (Å²) in [4.78, 5) is 0. The van der Waals surface area contributed by atoms with Crippen LogP contribution in [0, 0.1) is 6.92 Å². The first-order valence-electron chi connectivity index (χ1n) is 7.39. The summed E-state index contributed by atoms with van der Waals surface area (Å²) in [6.07, 6.45) is 2.26. The van der Waals surface area contributed by atoms with Crippen molar-refractivity contribution < 1.29 is 4.74 Å². The maximum Gasteiger partial charge on any atom is 0.124 e. The van der Waals surface area contributed by atoms with Gasteiger partial charge in [-0.25, -0.2) is 5.43 Å². The van der Waals surface area contributed by atoms with E-state index in [1.54, 1.807) is 7.11 Å². The Labute approximate surface area is 127 Å². The van der Waals surface area contributed by atoms with Crippen LogP contribution in [0.25, 0.3) is 0 Å². The first-order chi connectivity index (χ1) is 10.2. The molecule has 1 unspecified atom stereocenters. The predicted octanol–water partition coefficient (Wildman–Crippen LogP) is 3.51. The summed E-state index contributed by atoms with van der Waals surface area (Å²) in [5.74, 6) is 6.65. The van der Waals surface area contributed by atoms with E-state index < -0.39 is 0 Å². The molecule has 0 radical (unpaired) electrons. The lowest BCUT2D eigenvalue weighted by Gasteiger charge is -2.20. The molecular weight excluding hydrogens is 260 g/mol. The van der Waals surface area contributed by atoms with Gasteiger partial charge in [0.25, 0.3) is 0 Å². The fraction of sp³-hybridized carbons (Fsp3) is 0.333. The average molecular weight is 284 g/mol. The van der Waals surface area contributed by atoms with Gasteiger partial charge in [-0.1, -0.05) is 49.7 Å². The number of ether oxygens (including phenoxy) is 1. The minimum absolute atomic E-state index is 0.0729. The third-order valence-electron chi connectivity index (χ3n) is 3.72. The SMILES string of the molecule is CCCc1ccc(C(NN)c2ccc(C)cc2OC)cc1. The molecule has 0 bridgehead atoms. The van der Waals surface area contributed by atoms with Crippen molar-refractivity contribution in [2.45, 2.75) is 32.7 Å². The quantitative estimate of drug-likeness (QED) is 0.630. The number of methoxy groups -OCH3 is 1. The molecule has 0 aliphatic rings. The van der Waals surface area contributed by atoms with Gasteiger partial charge in [-0.2, -0.15) is 0 Å². The van der Waals surface area contributed by atoms with Crippen molar-refractivity contribution in [1.29, 1.82) is 0 Å². The molecule has 1 atom stereocenters. The molecule has 0 saturated carbocycles. The number of hydrazine groups is 1. The van der Waals surface area contributed by atoms with Crippen LogP contribution in [0.15, 0.2) is 42.5 Å². The highest BCUT2D eigenvalue weighted by atomic mass is 16.5. The Hall–Kier alpha value is -1.84. The van der Waals surface area contributed by atoms with Crippen LogP contribution >= 0.6 is 0 Å². The lowest BCUT2D eigenvalue weighted by Crippen LogP contribution is -2.29. The minimum Gasteiger partial charge on any atom is -0.496 e. The third-order valence-corrected chi connectivity index (χ3v) is 3.72. The second-order valence-corrected chi connectivity index (χ2v) is 5.34. The van der Waals surface area contributed by atoms with E-state index in [4.69, 9.17) is 10.6 Å². The molecule has 0 aromatic heterocycles. The summed E-state index contributed by atoms with van der Waals surface area (Å²) >= 11 is 0. The highest BCUT2D eigenvalue weighted by Crippen LogP contribution is 2.30. The molecule has 0 aliphatic heterocycles. The largest absolute Gasteiger partial charge is 0.496 e. The molecule has 0 spiro atoms. The van der Waals surface area contributed by atoms with E-state index in [9.17, 15) is 0 Å². The second-order valence-electron chi connectivity index (χ2n) is 5.34. The molecule has 0 fully saturated rings. The van der Waals surface area contributed by atoms with Gasteiger partial charge in [0.05, 0.1) is 13.2 Å². The molecule has 3 heteroatoms. The third kappa shape index (κ3) is 3.63. The van der Waals surface area contributed by atoms with Crippen molar-refractivity contribution in [3.8, 4) is 5.75 Å². The Bertz CT molecular complexity index is 578. The van der Waals surface area contributed by atoms with Gasteiger partial charge in [-0.15, -0.1) is 0 Å². The molecule has 0 saturated heterocycles. The average Bonchev–Trinajstić information content (AvgIpc) is 2.51. The van der Waals surface area contributed by atoms with Crippen LogP contribution in [-0.2, 0) is 6.42 Å². The number of nitrogens with one attached hydrogen (secondary N) is 1. The van der Waals surface area contributed by atoms with Gasteiger partial charge < -0.3 is 4.74 Å². The minimum atomic E-state index is -0.0729.